The minimum absolute atomic E-state index is 0.569. The highest BCUT2D eigenvalue weighted by Crippen LogP contribution is 2.34. The number of rotatable bonds is 8. The molecule has 0 fully saturated rings. The number of hydrogen-bond donors (Lipinski definition) is 0. The Morgan fingerprint density at radius 3 is 1.25 bits per heavy atom. The van der Waals surface area contributed by atoms with Crippen molar-refractivity contribution in [2.24, 2.45) is 0 Å². The molecule has 0 aliphatic carbocycles. The molecule has 48 heavy (non-hydrogen) atoms. The molecule has 0 aliphatic heterocycles. The second-order valence-electron chi connectivity index (χ2n) is 10.9. The van der Waals surface area contributed by atoms with E-state index in [1.165, 1.54) is 0 Å². The topological polar surface area (TPSA) is 44.2 Å². The normalized spacial score (nSPS) is 10.9. The van der Waals surface area contributed by atoms with Gasteiger partial charge in [-0.1, -0.05) is 83.9 Å². The highest BCUT2D eigenvalue weighted by Gasteiger charge is 2.09. The number of nitrogens with zero attached hydrogens (tertiary/aromatic N) is 2. The average Bonchev–Trinajstić information content (AvgIpc) is 3.75. The Hall–Kier alpha value is -4.72. The third-order valence-electron chi connectivity index (χ3n) is 7.40. The molecule has 0 saturated heterocycles. The van der Waals surface area contributed by atoms with E-state index in [1.54, 1.807) is 22.7 Å². The van der Waals surface area contributed by atoms with Gasteiger partial charge in [-0.2, -0.15) is 0 Å². The van der Waals surface area contributed by atoms with Gasteiger partial charge in [-0.3, -0.25) is 0 Å². The minimum atomic E-state index is 0.569. The zero-order chi connectivity index (χ0) is 32.7. The van der Waals surface area contributed by atoms with Gasteiger partial charge in [0.15, 0.2) is 0 Å². The molecule has 0 atom stereocenters. The minimum Gasteiger partial charge on any atom is -0.489 e. The van der Waals surface area contributed by atoms with Crippen molar-refractivity contribution in [2.75, 3.05) is 0 Å². The maximum Gasteiger partial charge on any atom is 0.124 e. The Kier molecular flexibility index (Phi) is 9.96. The molecule has 8 heteroatoms. The summed E-state index contributed by atoms with van der Waals surface area (Å²) in [4.78, 5) is 9.32. The van der Waals surface area contributed by atoms with Crippen molar-refractivity contribution >= 4 is 66.3 Å². The van der Waals surface area contributed by atoms with E-state index in [0.717, 1.165) is 64.2 Å². The Morgan fingerprint density at radius 1 is 0.458 bits per heavy atom. The van der Waals surface area contributed by atoms with E-state index in [9.17, 15) is 0 Å². The summed E-state index contributed by atoms with van der Waals surface area (Å²) in [5, 5.41) is 3.40. The first-order valence-electron chi connectivity index (χ1n) is 15.2. The molecule has 6 aromatic carbocycles. The molecule has 8 aromatic rings. The van der Waals surface area contributed by atoms with E-state index < -0.39 is 0 Å². The smallest absolute Gasteiger partial charge is 0.124 e. The van der Waals surface area contributed by atoms with Crippen molar-refractivity contribution < 1.29 is 9.47 Å². The van der Waals surface area contributed by atoms with E-state index in [1.807, 2.05) is 121 Å². The molecular formula is C40H28Cl2N2O2S2. The van der Waals surface area contributed by atoms with Gasteiger partial charge >= 0.3 is 0 Å². The molecule has 0 saturated carbocycles. The van der Waals surface area contributed by atoms with Gasteiger partial charge in [0.2, 0.25) is 0 Å². The third kappa shape index (κ3) is 8.04. The van der Waals surface area contributed by atoms with E-state index in [0.29, 0.717) is 23.3 Å². The number of aromatic nitrogens is 2. The van der Waals surface area contributed by atoms with Gasteiger partial charge in [-0.25, -0.2) is 9.97 Å². The first kappa shape index (κ1) is 31.9. The van der Waals surface area contributed by atoms with Crippen LogP contribution < -0.4 is 9.47 Å². The largest absolute Gasteiger partial charge is 0.489 e. The Labute approximate surface area is 296 Å². The maximum atomic E-state index is 6.03. The second kappa shape index (κ2) is 15.0. The van der Waals surface area contributed by atoms with Crippen LogP contribution in [0.2, 0.25) is 10.0 Å². The molecule has 2 heterocycles. The number of hydrogen-bond acceptors (Lipinski definition) is 6. The molecule has 0 radical (unpaired) electrons. The fourth-order valence-corrected chi connectivity index (χ4v) is 7.15. The summed E-state index contributed by atoms with van der Waals surface area (Å²) in [6.45, 7) is 1.14. The zero-order valence-electron chi connectivity index (χ0n) is 25.6. The first-order chi connectivity index (χ1) is 23.6. The molecule has 4 nitrogen and oxygen atoms in total. The lowest BCUT2D eigenvalue weighted by atomic mass is 10.2. The lowest BCUT2D eigenvalue weighted by Gasteiger charge is -2.06. The second-order valence-corrected chi connectivity index (χ2v) is 13.8. The SMILES string of the molecule is Clc1ccc2sc(-c3ccc(OCc4ccccc4)cc3)nc2c1.Clc1ccc2sc(-c3ccc(OCc4ccccc4)cc3)nc2c1. The van der Waals surface area contributed by atoms with Gasteiger partial charge in [-0.15, -0.1) is 22.7 Å². The predicted molar refractivity (Wildman–Crippen MR) is 202 cm³/mol. The van der Waals surface area contributed by atoms with Crippen molar-refractivity contribution in [2.45, 2.75) is 13.2 Å². The van der Waals surface area contributed by atoms with Gasteiger partial charge in [0.25, 0.3) is 0 Å². The summed E-state index contributed by atoms with van der Waals surface area (Å²) in [5.41, 5.74) is 6.35. The number of fused-ring (bicyclic) bond motifs is 2. The van der Waals surface area contributed by atoms with Gasteiger partial charge in [0, 0.05) is 21.2 Å². The van der Waals surface area contributed by atoms with E-state index in [2.05, 4.69) is 34.2 Å². The van der Waals surface area contributed by atoms with Crippen LogP contribution in [-0.4, -0.2) is 9.97 Å². The predicted octanol–water partition coefficient (Wildman–Crippen LogP) is 12.4. The first-order valence-corrected chi connectivity index (χ1v) is 17.6. The third-order valence-corrected chi connectivity index (χ3v) is 10.0. The quantitative estimate of drug-likeness (QED) is 0.158. The molecule has 236 valence electrons. The number of halogens is 2. The van der Waals surface area contributed by atoms with Gasteiger partial charge in [-0.05, 0) is 96.1 Å². The number of thiazole rings is 2. The van der Waals surface area contributed by atoms with Crippen LogP contribution in [0.5, 0.6) is 11.5 Å². The van der Waals surface area contributed by atoms with Crippen LogP contribution in [0.15, 0.2) is 146 Å². The summed E-state index contributed by atoms with van der Waals surface area (Å²) >= 11 is 15.4. The molecule has 0 amide bonds. The van der Waals surface area contributed by atoms with Gasteiger partial charge in [0.1, 0.15) is 34.7 Å². The lowest BCUT2D eigenvalue weighted by Crippen LogP contribution is -1.94. The standard InChI is InChI=1S/2C20H14ClNOS/c2*21-16-8-11-19-18(12-16)22-20(24-19)15-6-9-17(10-7-15)23-13-14-4-2-1-3-5-14/h2*1-12H,13H2. The number of ether oxygens (including phenoxy) is 2. The zero-order valence-corrected chi connectivity index (χ0v) is 28.7. The van der Waals surface area contributed by atoms with Crippen molar-refractivity contribution in [3.05, 3.63) is 167 Å². The van der Waals surface area contributed by atoms with Crippen LogP contribution >= 0.6 is 45.9 Å². The van der Waals surface area contributed by atoms with Crippen LogP contribution in [-0.2, 0) is 13.2 Å². The fourth-order valence-electron chi connectivity index (χ4n) is 4.92. The van der Waals surface area contributed by atoms with Crippen LogP contribution in [0, 0.1) is 0 Å². The summed E-state index contributed by atoms with van der Waals surface area (Å²) in [6.07, 6.45) is 0. The van der Waals surface area contributed by atoms with Gasteiger partial charge < -0.3 is 9.47 Å². The molecular weight excluding hydrogens is 675 g/mol. The molecule has 2 aromatic heterocycles. The molecule has 0 bridgehead atoms. The van der Waals surface area contributed by atoms with Crippen molar-refractivity contribution in [1.29, 1.82) is 0 Å². The van der Waals surface area contributed by atoms with Crippen molar-refractivity contribution in [3.63, 3.8) is 0 Å². The highest BCUT2D eigenvalue weighted by molar-refractivity contribution is 7.22. The van der Waals surface area contributed by atoms with Gasteiger partial charge in [0.05, 0.1) is 20.4 Å². The molecule has 0 N–H and O–H groups in total. The fraction of sp³-hybridized carbons (Fsp3) is 0.0500. The van der Waals surface area contributed by atoms with Crippen LogP contribution in [0.25, 0.3) is 41.6 Å². The number of benzene rings is 6. The highest BCUT2D eigenvalue weighted by atomic mass is 35.5. The van der Waals surface area contributed by atoms with Crippen LogP contribution in [0.4, 0.5) is 0 Å². The summed E-state index contributed by atoms with van der Waals surface area (Å²) in [5.74, 6) is 1.71. The summed E-state index contributed by atoms with van der Waals surface area (Å²) in [6, 6.07) is 48.0. The van der Waals surface area contributed by atoms with Crippen LogP contribution in [0.1, 0.15) is 11.1 Å². The molecule has 0 aliphatic rings. The Morgan fingerprint density at radius 2 is 0.854 bits per heavy atom. The molecule has 0 spiro atoms. The van der Waals surface area contributed by atoms with E-state index in [-0.39, 0.29) is 0 Å². The maximum absolute atomic E-state index is 6.03. The average molecular weight is 704 g/mol. The lowest BCUT2D eigenvalue weighted by molar-refractivity contribution is 0.306. The van der Waals surface area contributed by atoms with E-state index >= 15 is 0 Å². The van der Waals surface area contributed by atoms with E-state index in [4.69, 9.17) is 32.7 Å². The Bertz CT molecular complexity index is 2090. The summed E-state index contributed by atoms with van der Waals surface area (Å²) < 4.78 is 13.9. The summed E-state index contributed by atoms with van der Waals surface area (Å²) in [7, 11) is 0. The Balaban J connectivity index is 0.000000152. The van der Waals surface area contributed by atoms with Crippen LogP contribution in [0.3, 0.4) is 0 Å². The van der Waals surface area contributed by atoms with Crippen molar-refractivity contribution in [3.8, 4) is 32.6 Å². The van der Waals surface area contributed by atoms with Crippen molar-refractivity contribution in [1.82, 2.24) is 9.97 Å². The molecule has 0 unspecified atom stereocenters. The molecule has 8 rings (SSSR count). The monoisotopic (exact) mass is 702 g/mol.